The lowest BCUT2D eigenvalue weighted by molar-refractivity contribution is 0.113. The first kappa shape index (κ1) is 12.3. The standard InChI is InChI=1S/C10H20O2Si/c1-7-11-10(8-9(2)3)12-13(4,5)6/h7H2,1-6H3. The Bertz CT molecular complexity index is 216. The molecule has 0 heterocycles. The number of hydrogen-bond acceptors (Lipinski definition) is 2. The summed E-state index contributed by atoms with van der Waals surface area (Å²) in [6.07, 6.45) is 0. The molecule has 13 heavy (non-hydrogen) atoms. The van der Waals surface area contributed by atoms with Gasteiger partial charge in [0.25, 0.3) is 0 Å². The molecule has 0 rings (SSSR count). The molecule has 0 amide bonds. The van der Waals surface area contributed by atoms with Crippen LogP contribution in [0.1, 0.15) is 20.8 Å². The van der Waals surface area contributed by atoms with E-state index in [-0.39, 0.29) is 0 Å². The summed E-state index contributed by atoms with van der Waals surface area (Å²) in [5.74, 6) is 0.543. The first-order valence-corrected chi connectivity index (χ1v) is 8.02. The van der Waals surface area contributed by atoms with Crippen molar-refractivity contribution in [2.24, 2.45) is 0 Å². The zero-order chi connectivity index (χ0) is 10.5. The van der Waals surface area contributed by atoms with Crippen LogP contribution in [0.5, 0.6) is 0 Å². The highest BCUT2D eigenvalue weighted by molar-refractivity contribution is 6.69. The number of allylic oxidation sites excluding steroid dienone is 1. The Balaban J connectivity index is 4.56. The van der Waals surface area contributed by atoms with Gasteiger partial charge in [0.05, 0.1) is 6.61 Å². The Morgan fingerprint density at radius 1 is 1.23 bits per heavy atom. The lowest BCUT2D eigenvalue weighted by atomic mass is 10.4. The zero-order valence-corrected chi connectivity index (χ0v) is 10.5. The molecule has 0 saturated heterocycles. The predicted octanol–water partition coefficient (Wildman–Crippen LogP) is 3.28. The minimum absolute atomic E-state index is 0.543. The normalized spacial score (nSPS) is 10.3. The molecule has 0 unspecified atom stereocenters. The number of ether oxygens (including phenoxy) is 1. The van der Waals surface area contributed by atoms with Crippen molar-refractivity contribution >= 4 is 8.32 Å². The van der Waals surface area contributed by atoms with Crippen LogP contribution < -0.4 is 0 Å². The lowest BCUT2D eigenvalue weighted by Gasteiger charge is -2.19. The van der Waals surface area contributed by atoms with E-state index in [1.54, 1.807) is 0 Å². The molecule has 76 valence electrons. The molecule has 0 radical (unpaired) electrons. The third-order valence-corrected chi connectivity index (χ3v) is 1.82. The molecular formula is C10H20O2Si. The largest absolute Gasteiger partial charge is 0.514 e. The quantitative estimate of drug-likeness (QED) is 0.394. The van der Waals surface area contributed by atoms with Crippen LogP contribution in [-0.4, -0.2) is 14.9 Å². The summed E-state index contributed by atoms with van der Waals surface area (Å²) >= 11 is 0. The third kappa shape index (κ3) is 7.69. The van der Waals surface area contributed by atoms with Crippen LogP contribution >= 0.6 is 0 Å². The summed E-state index contributed by atoms with van der Waals surface area (Å²) < 4.78 is 11.0. The second-order valence-corrected chi connectivity index (χ2v) is 8.49. The van der Waals surface area contributed by atoms with Crippen molar-refractivity contribution in [3.63, 3.8) is 0 Å². The highest BCUT2D eigenvalue weighted by Crippen LogP contribution is 2.11. The second-order valence-electron chi connectivity index (χ2n) is 4.06. The summed E-state index contributed by atoms with van der Waals surface area (Å²) in [6, 6.07) is 0. The molecule has 0 aliphatic carbocycles. The molecule has 0 fully saturated rings. The van der Waals surface area contributed by atoms with Crippen molar-refractivity contribution in [2.75, 3.05) is 6.61 Å². The van der Waals surface area contributed by atoms with E-state index in [0.29, 0.717) is 12.6 Å². The molecule has 0 aliphatic rings. The highest BCUT2D eigenvalue weighted by atomic mass is 28.4. The molecule has 0 aromatic carbocycles. The lowest BCUT2D eigenvalue weighted by Crippen LogP contribution is -2.25. The Morgan fingerprint density at radius 2 is 1.77 bits per heavy atom. The van der Waals surface area contributed by atoms with Gasteiger partial charge in [0, 0.05) is 0 Å². The van der Waals surface area contributed by atoms with Crippen molar-refractivity contribution in [1.82, 2.24) is 0 Å². The molecular weight excluding hydrogens is 180 g/mol. The molecule has 0 atom stereocenters. The SMILES string of the molecule is CCOC(=C=C(C)C)O[Si](C)(C)C. The van der Waals surface area contributed by atoms with Gasteiger partial charge in [-0.25, -0.2) is 0 Å². The maximum absolute atomic E-state index is 5.69. The smallest absolute Gasteiger partial charge is 0.313 e. The maximum Gasteiger partial charge on any atom is 0.313 e. The fraction of sp³-hybridized carbons (Fsp3) is 0.700. The van der Waals surface area contributed by atoms with Gasteiger partial charge in [-0.2, -0.15) is 0 Å². The molecule has 3 heteroatoms. The maximum atomic E-state index is 5.69. The van der Waals surface area contributed by atoms with E-state index in [1.165, 1.54) is 0 Å². The minimum Gasteiger partial charge on any atom is -0.514 e. The van der Waals surface area contributed by atoms with Gasteiger partial charge in [0.2, 0.25) is 8.32 Å². The molecule has 0 aliphatic heterocycles. The van der Waals surface area contributed by atoms with E-state index in [2.05, 4.69) is 25.4 Å². The van der Waals surface area contributed by atoms with Crippen molar-refractivity contribution < 1.29 is 9.16 Å². The van der Waals surface area contributed by atoms with Gasteiger partial charge in [-0.3, -0.25) is 0 Å². The first-order valence-electron chi connectivity index (χ1n) is 4.61. The van der Waals surface area contributed by atoms with Gasteiger partial charge in [0.15, 0.2) is 0 Å². The van der Waals surface area contributed by atoms with Crippen molar-refractivity contribution in [2.45, 2.75) is 40.4 Å². The fourth-order valence-electron chi connectivity index (χ4n) is 0.704. The van der Waals surface area contributed by atoms with Crippen LogP contribution in [0.3, 0.4) is 0 Å². The minimum atomic E-state index is -1.56. The number of hydrogen-bond donors (Lipinski definition) is 0. The third-order valence-electron chi connectivity index (χ3n) is 1.03. The van der Waals surface area contributed by atoms with Crippen molar-refractivity contribution in [1.29, 1.82) is 0 Å². The van der Waals surface area contributed by atoms with E-state index in [4.69, 9.17) is 9.16 Å². The van der Waals surface area contributed by atoms with Crippen LogP contribution in [0.2, 0.25) is 19.6 Å². The molecule has 0 spiro atoms. The highest BCUT2D eigenvalue weighted by Gasteiger charge is 2.18. The predicted molar refractivity (Wildman–Crippen MR) is 57.9 cm³/mol. The topological polar surface area (TPSA) is 18.5 Å². The number of rotatable bonds is 4. The summed E-state index contributed by atoms with van der Waals surface area (Å²) in [4.78, 5) is 0. The van der Waals surface area contributed by atoms with Gasteiger partial charge in [-0.1, -0.05) is 0 Å². The van der Waals surface area contributed by atoms with Gasteiger partial charge in [-0.05, 0) is 51.7 Å². The van der Waals surface area contributed by atoms with Crippen LogP contribution in [0, 0.1) is 0 Å². The van der Waals surface area contributed by atoms with E-state index in [1.807, 2.05) is 20.8 Å². The molecule has 0 saturated carbocycles. The summed E-state index contributed by atoms with van der Waals surface area (Å²) in [6.45, 7) is 12.9. The van der Waals surface area contributed by atoms with E-state index in [9.17, 15) is 0 Å². The summed E-state index contributed by atoms with van der Waals surface area (Å²) in [7, 11) is -1.56. The zero-order valence-electron chi connectivity index (χ0n) is 9.52. The average Bonchev–Trinajstić information content (AvgIpc) is 1.81. The van der Waals surface area contributed by atoms with Crippen molar-refractivity contribution in [3.8, 4) is 0 Å². The van der Waals surface area contributed by atoms with E-state index in [0.717, 1.165) is 5.57 Å². The summed E-state index contributed by atoms with van der Waals surface area (Å²) in [5, 5.41) is 0. The van der Waals surface area contributed by atoms with Crippen LogP contribution in [0.4, 0.5) is 0 Å². The van der Waals surface area contributed by atoms with Crippen LogP contribution in [0.25, 0.3) is 0 Å². The molecule has 0 N–H and O–H groups in total. The first-order chi connectivity index (χ1) is 5.85. The second kappa shape index (κ2) is 5.15. The van der Waals surface area contributed by atoms with Crippen LogP contribution in [0.15, 0.2) is 17.2 Å². The van der Waals surface area contributed by atoms with Crippen molar-refractivity contribution in [3.05, 3.63) is 17.2 Å². The van der Waals surface area contributed by atoms with Gasteiger partial charge in [0.1, 0.15) is 0 Å². The Morgan fingerprint density at radius 3 is 2.08 bits per heavy atom. The van der Waals surface area contributed by atoms with E-state index >= 15 is 0 Å². The average molecular weight is 200 g/mol. The molecule has 0 aromatic heterocycles. The Hall–Kier alpha value is -0.663. The summed E-state index contributed by atoms with van der Waals surface area (Å²) in [5.41, 5.74) is 4.13. The fourth-order valence-corrected chi connectivity index (χ4v) is 1.37. The Kier molecular flexibility index (Phi) is 4.89. The Labute approximate surface area is 82.4 Å². The monoisotopic (exact) mass is 200 g/mol. The van der Waals surface area contributed by atoms with Crippen LogP contribution in [-0.2, 0) is 9.16 Å². The molecule has 0 bridgehead atoms. The van der Waals surface area contributed by atoms with Gasteiger partial charge in [-0.15, -0.1) is 0 Å². The van der Waals surface area contributed by atoms with Gasteiger partial charge >= 0.3 is 5.95 Å². The molecule has 0 aromatic rings. The van der Waals surface area contributed by atoms with E-state index < -0.39 is 8.32 Å². The van der Waals surface area contributed by atoms with Gasteiger partial charge < -0.3 is 9.16 Å². The molecule has 2 nitrogen and oxygen atoms in total.